The van der Waals surface area contributed by atoms with Gasteiger partial charge in [-0.3, -0.25) is 0 Å². The minimum absolute atomic E-state index is 0.299. The minimum Gasteiger partial charge on any atom is -0.462 e. The molecule has 2 N–H and O–H groups in total. The second-order valence-corrected chi connectivity index (χ2v) is 12.0. The molecule has 0 radical (unpaired) electrons. The number of ether oxygens (including phenoxy) is 1. The number of esters is 1. The van der Waals surface area contributed by atoms with Crippen molar-refractivity contribution in [2.75, 3.05) is 11.9 Å². The van der Waals surface area contributed by atoms with Crippen LogP contribution in [0.15, 0.2) is 36.4 Å². The van der Waals surface area contributed by atoms with Gasteiger partial charge in [0.25, 0.3) is 0 Å². The van der Waals surface area contributed by atoms with E-state index in [2.05, 4.69) is 29.7 Å². The Morgan fingerprint density at radius 2 is 1.79 bits per heavy atom. The molecule has 4 bridgehead atoms. The summed E-state index contributed by atoms with van der Waals surface area (Å²) < 4.78 is 5.32. The van der Waals surface area contributed by atoms with Gasteiger partial charge in [0.05, 0.1) is 12.2 Å². The molecular weight excluding hydrogens is 448 g/mol. The van der Waals surface area contributed by atoms with E-state index in [9.17, 15) is 4.79 Å². The van der Waals surface area contributed by atoms with Crippen molar-refractivity contribution in [3.05, 3.63) is 52.4 Å². The Morgan fingerprint density at radius 3 is 2.39 bits per heavy atom. The molecule has 4 saturated carbocycles. The number of benzene rings is 1. The van der Waals surface area contributed by atoms with Crippen LogP contribution in [0.3, 0.4) is 0 Å². The maximum Gasteiger partial charge on any atom is 0.341 e. The molecule has 6 heteroatoms. The fourth-order valence-corrected chi connectivity index (χ4v) is 8.40. The summed E-state index contributed by atoms with van der Waals surface area (Å²) in [7, 11) is 0. The van der Waals surface area contributed by atoms with E-state index in [1.165, 1.54) is 44.1 Å². The van der Waals surface area contributed by atoms with Crippen LogP contribution in [0.4, 0.5) is 5.00 Å². The smallest absolute Gasteiger partial charge is 0.341 e. The quantitative estimate of drug-likeness (QED) is 0.353. The molecule has 0 spiro atoms. The Hall–Kier alpha value is -1.92. The van der Waals surface area contributed by atoms with Crippen molar-refractivity contribution < 1.29 is 9.53 Å². The minimum atomic E-state index is -0.299. The van der Waals surface area contributed by atoms with Gasteiger partial charge in [-0.05, 0) is 99.4 Å². The maximum atomic E-state index is 12.6. The number of carbonyl (C=O) groups is 1. The van der Waals surface area contributed by atoms with E-state index in [0.29, 0.717) is 28.7 Å². The van der Waals surface area contributed by atoms with Crippen molar-refractivity contribution in [2.45, 2.75) is 64.8 Å². The highest BCUT2D eigenvalue weighted by molar-refractivity contribution is 7.80. The first kappa shape index (κ1) is 22.9. The first-order chi connectivity index (χ1) is 15.9. The lowest BCUT2D eigenvalue weighted by Crippen LogP contribution is -2.56. The Labute approximate surface area is 206 Å². The predicted octanol–water partition coefficient (Wildman–Crippen LogP) is 6.41. The van der Waals surface area contributed by atoms with E-state index in [1.54, 1.807) is 11.3 Å². The van der Waals surface area contributed by atoms with E-state index < -0.39 is 0 Å². The highest BCUT2D eigenvalue weighted by atomic mass is 32.1. The lowest BCUT2D eigenvalue weighted by Gasteiger charge is -2.59. The Balaban J connectivity index is 1.29. The third kappa shape index (κ3) is 4.83. The van der Waals surface area contributed by atoms with E-state index in [4.69, 9.17) is 17.0 Å². The van der Waals surface area contributed by atoms with Crippen molar-refractivity contribution in [3.63, 3.8) is 0 Å². The van der Waals surface area contributed by atoms with Crippen LogP contribution in [0.25, 0.3) is 0 Å². The first-order valence-electron chi connectivity index (χ1n) is 12.4. The summed E-state index contributed by atoms with van der Waals surface area (Å²) in [5.41, 5.74) is 2.16. The molecule has 0 amide bonds. The average molecular weight is 483 g/mol. The zero-order chi connectivity index (χ0) is 23.0. The fraction of sp³-hybridized carbons (Fsp3) is 0.556. The SMILES string of the molecule is CCOC(=O)c1cc(Cc2ccccc2)sc1NC(=S)NC(C)C12CC3CC(CC(C3)C1)C2. The topological polar surface area (TPSA) is 50.4 Å². The summed E-state index contributed by atoms with van der Waals surface area (Å²) >= 11 is 7.33. The molecule has 1 aromatic carbocycles. The maximum absolute atomic E-state index is 12.6. The number of hydrogen-bond acceptors (Lipinski definition) is 4. The number of thiophene rings is 1. The second-order valence-electron chi connectivity index (χ2n) is 10.4. The van der Waals surface area contributed by atoms with Gasteiger partial charge < -0.3 is 15.4 Å². The van der Waals surface area contributed by atoms with Crippen LogP contribution in [0.2, 0.25) is 0 Å². The van der Waals surface area contributed by atoms with Crippen LogP contribution in [0.1, 0.15) is 73.2 Å². The zero-order valence-electron chi connectivity index (χ0n) is 19.6. The van der Waals surface area contributed by atoms with Gasteiger partial charge >= 0.3 is 5.97 Å². The standard InChI is InChI=1S/C27H34N2O2S2/c1-3-31-25(30)23-13-22(12-18-7-5-4-6-8-18)33-24(23)29-26(32)28-17(2)27-14-19-9-20(15-27)11-21(10-19)16-27/h4-8,13,17,19-21H,3,9-12,14-16H2,1-2H3,(H2,28,29,32). The normalized spacial score (nSPS) is 28.4. The van der Waals surface area contributed by atoms with Gasteiger partial charge in [-0.15, -0.1) is 11.3 Å². The molecule has 1 atom stereocenters. The average Bonchev–Trinajstić information content (AvgIpc) is 3.15. The lowest BCUT2D eigenvalue weighted by atomic mass is 9.48. The van der Waals surface area contributed by atoms with Crippen LogP contribution in [-0.2, 0) is 11.2 Å². The predicted molar refractivity (Wildman–Crippen MR) is 139 cm³/mol. The van der Waals surface area contributed by atoms with E-state index in [1.807, 2.05) is 31.2 Å². The van der Waals surface area contributed by atoms with Crippen LogP contribution < -0.4 is 10.6 Å². The van der Waals surface area contributed by atoms with Crippen molar-refractivity contribution in [1.82, 2.24) is 5.32 Å². The molecule has 0 aliphatic heterocycles. The van der Waals surface area contributed by atoms with Gasteiger partial charge in [0.1, 0.15) is 5.00 Å². The number of thiocarbonyl (C=S) groups is 1. The Bertz CT molecular complexity index is 981. The highest BCUT2D eigenvalue weighted by Gasteiger charge is 2.53. The third-order valence-corrected chi connectivity index (χ3v) is 9.35. The van der Waals surface area contributed by atoms with E-state index >= 15 is 0 Å². The molecule has 2 aromatic rings. The zero-order valence-corrected chi connectivity index (χ0v) is 21.2. The molecular formula is C27H34N2O2S2. The summed E-state index contributed by atoms with van der Waals surface area (Å²) in [4.78, 5) is 13.8. The summed E-state index contributed by atoms with van der Waals surface area (Å²) in [5, 5.41) is 8.36. The first-order valence-corrected chi connectivity index (χ1v) is 13.6. The van der Waals surface area contributed by atoms with Crippen LogP contribution in [0.5, 0.6) is 0 Å². The van der Waals surface area contributed by atoms with E-state index in [-0.39, 0.29) is 5.97 Å². The second kappa shape index (κ2) is 9.38. The van der Waals surface area contributed by atoms with Crippen molar-refractivity contribution in [1.29, 1.82) is 0 Å². The molecule has 4 aliphatic carbocycles. The van der Waals surface area contributed by atoms with Crippen molar-refractivity contribution in [2.24, 2.45) is 23.2 Å². The monoisotopic (exact) mass is 482 g/mol. The van der Waals surface area contributed by atoms with E-state index in [0.717, 1.165) is 34.1 Å². The molecule has 176 valence electrons. The highest BCUT2D eigenvalue weighted by Crippen LogP contribution is 2.61. The molecule has 0 saturated heterocycles. The van der Waals surface area contributed by atoms with Gasteiger partial charge in [-0.2, -0.15) is 0 Å². The largest absolute Gasteiger partial charge is 0.462 e. The van der Waals surface area contributed by atoms with Gasteiger partial charge in [-0.1, -0.05) is 30.3 Å². The Kier molecular flexibility index (Phi) is 6.49. The Morgan fingerprint density at radius 1 is 1.15 bits per heavy atom. The van der Waals surface area contributed by atoms with Crippen LogP contribution >= 0.6 is 23.6 Å². The molecule has 1 aromatic heterocycles. The summed E-state index contributed by atoms with van der Waals surface area (Å²) in [6.45, 7) is 4.50. The number of carbonyl (C=O) groups excluding carboxylic acids is 1. The van der Waals surface area contributed by atoms with Gasteiger partial charge in [0.2, 0.25) is 0 Å². The van der Waals surface area contributed by atoms with Gasteiger partial charge in [0, 0.05) is 17.3 Å². The number of rotatable bonds is 7. The molecule has 4 nitrogen and oxygen atoms in total. The van der Waals surface area contributed by atoms with Gasteiger partial charge in [-0.25, -0.2) is 4.79 Å². The van der Waals surface area contributed by atoms with Gasteiger partial charge in [0.15, 0.2) is 5.11 Å². The van der Waals surface area contributed by atoms with Crippen molar-refractivity contribution >= 4 is 39.6 Å². The number of nitrogens with one attached hydrogen (secondary N) is 2. The molecule has 6 rings (SSSR count). The molecule has 1 heterocycles. The third-order valence-electron chi connectivity index (χ3n) is 8.08. The summed E-state index contributed by atoms with van der Waals surface area (Å²) in [6, 6.07) is 12.6. The fourth-order valence-electron chi connectivity index (χ4n) is 6.98. The summed E-state index contributed by atoms with van der Waals surface area (Å²) in [5.74, 6) is 2.44. The molecule has 1 unspecified atom stereocenters. The van der Waals surface area contributed by atoms with Crippen molar-refractivity contribution in [3.8, 4) is 0 Å². The molecule has 33 heavy (non-hydrogen) atoms. The molecule has 4 fully saturated rings. The van der Waals surface area contributed by atoms with Crippen LogP contribution in [-0.4, -0.2) is 23.7 Å². The number of anilines is 1. The summed E-state index contributed by atoms with van der Waals surface area (Å²) in [6.07, 6.45) is 9.12. The van der Waals surface area contributed by atoms with Crippen LogP contribution in [0, 0.1) is 23.2 Å². The number of hydrogen-bond donors (Lipinski definition) is 2. The molecule has 4 aliphatic rings. The lowest BCUT2D eigenvalue weighted by molar-refractivity contribution is -0.0671.